The monoisotopic (exact) mass is 294 g/mol. The molecule has 122 valence electrons. The minimum absolute atomic E-state index is 0.122. The summed E-state index contributed by atoms with van der Waals surface area (Å²) in [5.41, 5.74) is 0. The van der Waals surface area contributed by atoms with Crippen molar-refractivity contribution in [1.82, 2.24) is 0 Å². The van der Waals surface area contributed by atoms with Crippen LogP contribution in [0.4, 0.5) is 0 Å². The van der Waals surface area contributed by atoms with Gasteiger partial charge in [-0.3, -0.25) is 0 Å². The SMILES string of the molecule is CCCCOCCOCC(O)C(CO)OCCOCC. The lowest BCUT2D eigenvalue weighted by Crippen LogP contribution is -2.37. The molecule has 2 atom stereocenters. The summed E-state index contributed by atoms with van der Waals surface area (Å²) in [6.07, 6.45) is 0.661. The van der Waals surface area contributed by atoms with Crippen LogP contribution in [0.1, 0.15) is 26.7 Å². The first-order valence-electron chi connectivity index (χ1n) is 7.39. The molecule has 0 saturated heterocycles. The minimum atomic E-state index is -0.850. The number of aliphatic hydroxyl groups is 2. The second-order valence-corrected chi connectivity index (χ2v) is 4.40. The van der Waals surface area contributed by atoms with Gasteiger partial charge < -0.3 is 29.2 Å². The Morgan fingerprint density at radius 1 is 0.900 bits per heavy atom. The van der Waals surface area contributed by atoms with Gasteiger partial charge in [-0.15, -0.1) is 0 Å². The summed E-state index contributed by atoms with van der Waals surface area (Å²) in [7, 11) is 0. The Hall–Kier alpha value is -0.240. The van der Waals surface area contributed by atoms with Gasteiger partial charge in [0, 0.05) is 13.2 Å². The minimum Gasteiger partial charge on any atom is -0.394 e. The molecule has 6 nitrogen and oxygen atoms in total. The van der Waals surface area contributed by atoms with Gasteiger partial charge in [0.15, 0.2) is 0 Å². The topological polar surface area (TPSA) is 77.4 Å². The van der Waals surface area contributed by atoms with E-state index >= 15 is 0 Å². The van der Waals surface area contributed by atoms with E-state index in [-0.39, 0.29) is 13.2 Å². The molecule has 0 aromatic carbocycles. The largest absolute Gasteiger partial charge is 0.394 e. The third-order valence-corrected chi connectivity index (χ3v) is 2.68. The molecule has 2 unspecified atom stereocenters. The Morgan fingerprint density at radius 2 is 1.60 bits per heavy atom. The molecule has 6 heteroatoms. The highest BCUT2D eigenvalue weighted by molar-refractivity contribution is 4.67. The Balaban J connectivity index is 3.52. The summed E-state index contributed by atoms with van der Waals surface area (Å²) in [4.78, 5) is 0. The molecule has 0 aromatic heterocycles. The van der Waals surface area contributed by atoms with Crippen molar-refractivity contribution in [3.63, 3.8) is 0 Å². The predicted molar refractivity (Wildman–Crippen MR) is 75.9 cm³/mol. The van der Waals surface area contributed by atoms with E-state index in [1.165, 1.54) is 0 Å². The molecular weight excluding hydrogens is 264 g/mol. The first-order chi connectivity index (χ1) is 9.76. The first-order valence-corrected chi connectivity index (χ1v) is 7.39. The van der Waals surface area contributed by atoms with Gasteiger partial charge in [0.1, 0.15) is 12.2 Å². The van der Waals surface area contributed by atoms with Crippen molar-refractivity contribution < 1.29 is 29.2 Å². The van der Waals surface area contributed by atoms with Gasteiger partial charge in [-0.2, -0.15) is 0 Å². The van der Waals surface area contributed by atoms with Gasteiger partial charge in [0.2, 0.25) is 0 Å². The zero-order valence-corrected chi connectivity index (χ0v) is 12.8. The maximum Gasteiger partial charge on any atom is 0.109 e. The summed E-state index contributed by atoms with van der Waals surface area (Å²) in [5.74, 6) is 0. The van der Waals surface area contributed by atoms with Crippen LogP contribution in [-0.2, 0) is 18.9 Å². The highest BCUT2D eigenvalue weighted by Gasteiger charge is 2.19. The molecule has 0 aromatic rings. The normalized spacial score (nSPS) is 14.4. The van der Waals surface area contributed by atoms with Crippen LogP contribution in [0.5, 0.6) is 0 Å². The average Bonchev–Trinajstić information content (AvgIpc) is 2.46. The third-order valence-electron chi connectivity index (χ3n) is 2.68. The molecule has 0 aliphatic rings. The summed E-state index contributed by atoms with van der Waals surface area (Å²) < 4.78 is 21.1. The molecule has 20 heavy (non-hydrogen) atoms. The van der Waals surface area contributed by atoms with Crippen LogP contribution in [0.2, 0.25) is 0 Å². The van der Waals surface area contributed by atoms with Crippen molar-refractivity contribution in [1.29, 1.82) is 0 Å². The van der Waals surface area contributed by atoms with Crippen molar-refractivity contribution >= 4 is 0 Å². The fourth-order valence-electron chi connectivity index (χ4n) is 1.47. The zero-order chi connectivity index (χ0) is 15.1. The highest BCUT2D eigenvalue weighted by atomic mass is 16.6. The number of hydrogen-bond donors (Lipinski definition) is 2. The van der Waals surface area contributed by atoms with Crippen molar-refractivity contribution in [3.8, 4) is 0 Å². The van der Waals surface area contributed by atoms with E-state index in [2.05, 4.69) is 6.92 Å². The maximum absolute atomic E-state index is 9.81. The summed E-state index contributed by atoms with van der Waals surface area (Å²) in [6, 6.07) is 0. The highest BCUT2D eigenvalue weighted by Crippen LogP contribution is 2.00. The van der Waals surface area contributed by atoms with Gasteiger partial charge in [-0.05, 0) is 13.3 Å². The predicted octanol–water partition coefficient (Wildman–Crippen LogP) is 0.595. The van der Waals surface area contributed by atoms with Crippen LogP contribution in [0.3, 0.4) is 0 Å². The van der Waals surface area contributed by atoms with E-state index < -0.39 is 12.2 Å². The van der Waals surface area contributed by atoms with Gasteiger partial charge in [0.05, 0.1) is 39.6 Å². The van der Waals surface area contributed by atoms with Crippen LogP contribution in [0.15, 0.2) is 0 Å². The molecule has 0 bridgehead atoms. The van der Waals surface area contributed by atoms with Crippen LogP contribution in [0, 0.1) is 0 Å². The van der Waals surface area contributed by atoms with E-state index in [1.54, 1.807) is 0 Å². The lowest BCUT2D eigenvalue weighted by molar-refractivity contribution is -0.103. The number of aliphatic hydroxyl groups excluding tert-OH is 2. The van der Waals surface area contributed by atoms with E-state index in [0.717, 1.165) is 19.4 Å². The summed E-state index contributed by atoms with van der Waals surface area (Å²) in [5, 5.41) is 19.0. The van der Waals surface area contributed by atoms with E-state index in [0.29, 0.717) is 33.0 Å². The summed E-state index contributed by atoms with van der Waals surface area (Å²) in [6.45, 7) is 6.98. The first kappa shape index (κ1) is 19.8. The van der Waals surface area contributed by atoms with Gasteiger partial charge in [-0.25, -0.2) is 0 Å². The van der Waals surface area contributed by atoms with Crippen molar-refractivity contribution in [2.75, 3.05) is 52.9 Å². The Morgan fingerprint density at radius 3 is 2.25 bits per heavy atom. The van der Waals surface area contributed by atoms with Gasteiger partial charge in [-0.1, -0.05) is 13.3 Å². The van der Waals surface area contributed by atoms with Crippen molar-refractivity contribution in [2.45, 2.75) is 38.9 Å². The van der Waals surface area contributed by atoms with Gasteiger partial charge >= 0.3 is 0 Å². The standard InChI is InChI=1S/C14H30O6/c1-3-5-6-18-7-8-19-12-13(16)14(11-15)20-10-9-17-4-2/h13-16H,3-12H2,1-2H3. The third kappa shape index (κ3) is 11.6. The molecule has 0 fully saturated rings. The van der Waals surface area contributed by atoms with Crippen LogP contribution < -0.4 is 0 Å². The lowest BCUT2D eigenvalue weighted by Gasteiger charge is -2.21. The summed E-state index contributed by atoms with van der Waals surface area (Å²) >= 11 is 0. The molecule has 0 radical (unpaired) electrons. The molecule has 0 heterocycles. The zero-order valence-electron chi connectivity index (χ0n) is 12.8. The van der Waals surface area contributed by atoms with Crippen LogP contribution in [-0.4, -0.2) is 75.3 Å². The van der Waals surface area contributed by atoms with E-state index in [9.17, 15) is 5.11 Å². The molecule has 0 rings (SSSR count). The fourth-order valence-corrected chi connectivity index (χ4v) is 1.47. The maximum atomic E-state index is 9.81. The smallest absolute Gasteiger partial charge is 0.109 e. The Kier molecular flexibility index (Phi) is 15.0. The van der Waals surface area contributed by atoms with Crippen molar-refractivity contribution in [3.05, 3.63) is 0 Å². The van der Waals surface area contributed by atoms with E-state index in [4.69, 9.17) is 24.1 Å². The quantitative estimate of drug-likeness (QED) is 0.431. The molecule has 0 aliphatic carbocycles. The Bertz CT molecular complexity index is 191. The fraction of sp³-hybridized carbons (Fsp3) is 1.00. The van der Waals surface area contributed by atoms with Crippen molar-refractivity contribution in [2.24, 2.45) is 0 Å². The molecular formula is C14H30O6. The van der Waals surface area contributed by atoms with Crippen LogP contribution in [0.25, 0.3) is 0 Å². The average molecular weight is 294 g/mol. The molecule has 0 aliphatic heterocycles. The Labute approximate surface area is 122 Å². The number of ether oxygens (including phenoxy) is 4. The molecule has 0 amide bonds. The number of hydrogen-bond acceptors (Lipinski definition) is 6. The lowest BCUT2D eigenvalue weighted by atomic mass is 10.2. The molecule has 2 N–H and O–H groups in total. The van der Waals surface area contributed by atoms with Crippen LogP contribution >= 0.6 is 0 Å². The molecule has 0 saturated carbocycles. The number of unbranched alkanes of at least 4 members (excludes halogenated alkanes) is 1. The second-order valence-electron chi connectivity index (χ2n) is 4.40. The van der Waals surface area contributed by atoms with E-state index in [1.807, 2.05) is 6.92 Å². The molecule has 0 spiro atoms. The number of rotatable bonds is 15. The second kappa shape index (κ2) is 15.2. The van der Waals surface area contributed by atoms with Gasteiger partial charge in [0.25, 0.3) is 0 Å².